The summed E-state index contributed by atoms with van der Waals surface area (Å²) in [7, 11) is 2.70. The lowest BCUT2D eigenvalue weighted by molar-refractivity contribution is -0.121. The fourth-order valence-electron chi connectivity index (χ4n) is 11.9. The molecule has 0 atom stereocenters. The summed E-state index contributed by atoms with van der Waals surface area (Å²) in [6.07, 6.45) is 3.33. The summed E-state index contributed by atoms with van der Waals surface area (Å²) in [5, 5.41) is 20.5. The Hall–Kier alpha value is -5.93. The molecule has 4 amide bonds. The first kappa shape index (κ1) is 89.0. The molecule has 29 heteroatoms. The average molecular weight is 1910 g/mol. The average Bonchev–Trinajstić information content (AvgIpc) is 1.59. The largest absolute Gasteiger partial charge is 0.465 e. The number of carbonyl (C=O) groups is 8. The van der Waals surface area contributed by atoms with E-state index in [1.165, 1.54) is 25.3 Å². The molecule has 0 radical (unpaired) electrons. The quantitative estimate of drug-likeness (QED) is 0.0652. The van der Waals surface area contributed by atoms with E-state index in [4.69, 9.17) is 34.2 Å². The third-order valence-electron chi connectivity index (χ3n) is 17.2. The van der Waals surface area contributed by atoms with Crippen molar-refractivity contribution in [3.8, 4) is 0 Å². The molecule has 4 N–H and O–H groups in total. The Kier molecular flexibility index (Phi) is 32.0. The minimum Gasteiger partial charge on any atom is -0.465 e. The van der Waals surface area contributed by atoms with Crippen LogP contribution in [0.4, 0.5) is 24.9 Å². The molecule has 23 nitrogen and oxygen atoms in total. The molecule has 0 bridgehead atoms. The number of amides is 4. The van der Waals surface area contributed by atoms with Gasteiger partial charge in [-0.1, -0.05) is 91.8 Å². The summed E-state index contributed by atoms with van der Waals surface area (Å²) < 4.78 is 47.9. The zero-order valence-electron chi connectivity index (χ0n) is 62.4. The molecular formula is C77H97Br5IN5O18. The molecular weight excluding hydrogens is 1810 g/mol. The maximum atomic E-state index is 12.2. The second-order valence-corrected chi connectivity index (χ2v) is 35.6. The number of nitrogens with zero attached hydrogens (tertiary/aromatic N) is 4. The van der Waals surface area contributed by atoms with E-state index >= 15 is 0 Å². The number of fused-ring (bicyclic) bond motifs is 4. The highest BCUT2D eigenvalue weighted by molar-refractivity contribution is 14.1. The lowest BCUT2D eigenvalue weighted by Gasteiger charge is -2.39. The number of piperidine rings is 4. The molecule has 0 aliphatic carbocycles. The molecule has 11 rings (SSSR count). The maximum Gasteiger partial charge on any atom is 0.410 e. The number of rotatable bonds is 4. The molecule has 4 fully saturated rings. The Bertz CT molecular complexity index is 3890. The first-order valence-corrected chi connectivity index (χ1v) is 39.5. The molecule has 106 heavy (non-hydrogen) atoms. The van der Waals surface area contributed by atoms with Crippen LogP contribution in [0.5, 0.6) is 0 Å². The van der Waals surface area contributed by atoms with Crippen molar-refractivity contribution >= 4 is 156 Å². The summed E-state index contributed by atoms with van der Waals surface area (Å²) in [6.45, 7) is 26.9. The number of nitrogen functional groups attached to an aromatic ring is 1. The van der Waals surface area contributed by atoms with E-state index in [1.807, 2.05) is 119 Å². The highest BCUT2D eigenvalue weighted by Gasteiger charge is 2.49. The minimum absolute atomic E-state index is 0.124. The van der Waals surface area contributed by atoms with Gasteiger partial charge in [-0.2, -0.15) is 0 Å². The summed E-state index contributed by atoms with van der Waals surface area (Å²) in [6, 6.07) is 27.8. The van der Waals surface area contributed by atoms with Crippen molar-refractivity contribution in [2.24, 2.45) is 0 Å². The highest BCUT2D eigenvalue weighted by Crippen LogP contribution is 2.47. The lowest BCUT2D eigenvalue weighted by atomic mass is 9.82. The number of hydrogen-bond donors (Lipinski definition) is 3. The van der Waals surface area contributed by atoms with E-state index in [9.17, 15) is 48.6 Å². The molecule has 0 saturated carbocycles. The minimum atomic E-state index is -1.04. The standard InChI is InChI=1S/C17H20BrNO4.C17H24BrNO4.C17H22BrNO3.C10H17NO3.C8H6BrIO2.C8H8BrNO2/c1-16(2,3)23-15(21)19-8-6-17(7-9-19)13-10-11(18)4-5-12(13)14(20)22-17;1-16(2,3)23-15(21)19-8-6-17(22,7-9-19)14-10-13(18)5-4-12(14)11-20;1-16(2,3)22-15(20)19-8-6-17(7-9-19)14-10-13(18)5-4-12(14)11-21-17;1-10(2,3)14-9(13)11-6-4-8(12)5-7-11;2*1-12-8(11)6-3-2-5(9)4-7(6)10/h4-5,10H,6-9H2,1-3H3;4-5,10,20,22H,6-9,11H2,1-3H3;4-5,10H,6-9,11H2,1-3H3;4-7H2,1-3H3;2-4H,1H3;2-4H,10H2,1H3. The van der Waals surface area contributed by atoms with Crippen LogP contribution in [0.1, 0.15) is 193 Å². The van der Waals surface area contributed by atoms with Crippen molar-refractivity contribution in [1.29, 1.82) is 0 Å². The number of ether oxygens (including phenoxy) is 8. The topological polar surface area (TPSA) is 290 Å². The fourth-order valence-corrected chi connectivity index (χ4v) is 14.9. The predicted octanol–water partition coefficient (Wildman–Crippen LogP) is 17.5. The number of aliphatic hydroxyl groups is 2. The number of ketones is 1. The first-order chi connectivity index (χ1) is 49.3. The molecule has 0 unspecified atom stereocenters. The normalized spacial score (nSPS) is 16.8. The van der Waals surface area contributed by atoms with Gasteiger partial charge >= 0.3 is 42.3 Å². The number of Topliss-reactive ketones (excluding diaryl/α,β-unsaturated/α-hetero) is 1. The Morgan fingerprint density at radius 1 is 0.491 bits per heavy atom. The van der Waals surface area contributed by atoms with Gasteiger partial charge in [0.25, 0.3) is 0 Å². The van der Waals surface area contributed by atoms with Gasteiger partial charge in [-0.25, -0.2) is 33.6 Å². The van der Waals surface area contributed by atoms with Crippen LogP contribution in [0.3, 0.4) is 0 Å². The molecule has 580 valence electrons. The van der Waals surface area contributed by atoms with Crippen LogP contribution in [0.15, 0.2) is 113 Å². The molecule has 5 aromatic carbocycles. The second-order valence-electron chi connectivity index (χ2n) is 29.9. The van der Waals surface area contributed by atoms with Gasteiger partial charge in [0.15, 0.2) is 0 Å². The number of carbonyl (C=O) groups excluding carboxylic acids is 8. The first-order valence-electron chi connectivity index (χ1n) is 34.5. The van der Waals surface area contributed by atoms with Gasteiger partial charge in [-0.05, 0) is 232 Å². The lowest BCUT2D eigenvalue weighted by Crippen LogP contribution is -2.47. The zero-order valence-corrected chi connectivity index (χ0v) is 72.5. The van der Waals surface area contributed by atoms with Crippen molar-refractivity contribution in [3.05, 3.63) is 161 Å². The molecule has 0 aromatic heterocycles. The monoisotopic (exact) mass is 1900 g/mol. The van der Waals surface area contributed by atoms with Gasteiger partial charge in [-0.15, -0.1) is 0 Å². The van der Waals surface area contributed by atoms with Gasteiger partial charge in [0, 0.05) is 115 Å². The smallest absolute Gasteiger partial charge is 0.410 e. The van der Waals surface area contributed by atoms with Crippen molar-refractivity contribution in [2.45, 2.75) is 187 Å². The maximum absolute atomic E-state index is 12.2. The SMILES string of the molecule is CC(C)(C)OC(=O)N1CCC(=O)CC1.CC(C)(C)OC(=O)N1CCC(O)(c2cc(Br)ccc2CO)CC1.CC(C)(C)OC(=O)N1CCC2(CC1)OC(=O)c1ccc(Br)cc12.CC(C)(C)OC(=O)N1CCC2(CC1)OCc1ccc(Br)cc12.COC(=O)c1ccc(Br)cc1I.COC(=O)c1ccc(Br)cc1N. The van der Waals surface area contributed by atoms with Gasteiger partial charge < -0.3 is 73.4 Å². The Balaban J connectivity index is 0.000000204. The van der Waals surface area contributed by atoms with Crippen molar-refractivity contribution in [2.75, 3.05) is 72.3 Å². The highest BCUT2D eigenvalue weighted by atomic mass is 127. The van der Waals surface area contributed by atoms with Crippen LogP contribution < -0.4 is 5.73 Å². The summed E-state index contributed by atoms with van der Waals surface area (Å²) >= 11 is 19.0. The van der Waals surface area contributed by atoms with Gasteiger partial charge in [0.05, 0.1) is 55.3 Å². The van der Waals surface area contributed by atoms with E-state index in [0.717, 1.165) is 49.9 Å². The van der Waals surface area contributed by atoms with Crippen LogP contribution in [0.2, 0.25) is 0 Å². The van der Waals surface area contributed by atoms with Gasteiger partial charge in [0.2, 0.25) is 0 Å². The number of nitrogens with two attached hydrogens (primary N) is 1. The predicted molar refractivity (Wildman–Crippen MR) is 427 cm³/mol. The van der Waals surface area contributed by atoms with Gasteiger partial charge in [0.1, 0.15) is 33.8 Å². The number of methoxy groups -OCH3 is 2. The van der Waals surface area contributed by atoms with Crippen molar-refractivity contribution in [1.82, 2.24) is 19.6 Å². The number of halogens is 6. The van der Waals surface area contributed by atoms with Crippen LogP contribution in [0, 0.1) is 3.57 Å². The molecule has 6 aliphatic rings. The Labute approximate surface area is 677 Å². The zero-order chi connectivity index (χ0) is 79.1. The summed E-state index contributed by atoms with van der Waals surface area (Å²) in [5.74, 6) is -0.769. The number of benzene rings is 5. The second kappa shape index (κ2) is 38.1. The Morgan fingerprint density at radius 2 is 0.858 bits per heavy atom. The molecule has 2 spiro atoms. The summed E-state index contributed by atoms with van der Waals surface area (Å²) in [5.41, 5.74) is 8.62. The number of aliphatic hydroxyl groups excluding tert-OH is 1. The number of esters is 3. The number of hydrogen-bond acceptors (Lipinski definition) is 19. The Morgan fingerprint density at radius 3 is 1.29 bits per heavy atom. The number of likely N-dealkylation sites (tertiary alicyclic amines) is 4. The van der Waals surface area contributed by atoms with E-state index in [1.54, 1.807) is 56.0 Å². The van der Waals surface area contributed by atoms with E-state index in [2.05, 4.69) is 130 Å². The van der Waals surface area contributed by atoms with Crippen LogP contribution in [0.25, 0.3) is 0 Å². The van der Waals surface area contributed by atoms with Crippen LogP contribution in [-0.4, -0.2) is 167 Å². The summed E-state index contributed by atoms with van der Waals surface area (Å²) in [4.78, 5) is 99.8. The van der Waals surface area contributed by atoms with Crippen LogP contribution >= 0.6 is 102 Å². The van der Waals surface area contributed by atoms with E-state index in [-0.39, 0.29) is 54.3 Å². The third kappa shape index (κ3) is 26.1. The molecule has 6 aliphatic heterocycles. The fraction of sp³-hybridized carbons (Fsp3) is 0.506. The number of anilines is 1. The van der Waals surface area contributed by atoms with E-state index in [0.29, 0.717) is 125 Å². The van der Waals surface area contributed by atoms with Gasteiger partial charge in [-0.3, -0.25) is 4.79 Å². The van der Waals surface area contributed by atoms with Crippen molar-refractivity contribution in [3.63, 3.8) is 0 Å². The molecule has 6 heterocycles. The van der Waals surface area contributed by atoms with E-state index < -0.39 is 39.6 Å². The third-order valence-corrected chi connectivity index (χ3v) is 20.6. The van der Waals surface area contributed by atoms with Crippen molar-refractivity contribution < 1.29 is 86.5 Å². The molecule has 5 aromatic rings. The molecule has 4 saturated heterocycles. The van der Waals surface area contributed by atoms with Crippen LogP contribution in [-0.2, 0) is 72.7 Å².